The Morgan fingerprint density at radius 1 is 1.33 bits per heavy atom. The van der Waals surface area contributed by atoms with E-state index in [4.69, 9.17) is 9.84 Å². The normalized spacial score (nSPS) is 10.9. The summed E-state index contributed by atoms with van der Waals surface area (Å²) in [6.07, 6.45) is 0.453. The first-order valence-electron chi connectivity index (χ1n) is 6.27. The summed E-state index contributed by atoms with van der Waals surface area (Å²) in [5, 5.41) is 10.9. The van der Waals surface area contributed by atoms with E-state index in [9.17, 15) is 18.0 Å². The first-order chi connectivity index (χ1) is 9.82. The lowest BCUT2D eigenvalue weighted by Gasteiger charge is -2.08. The first kappa shape index (κ1) is 17.0. The van der Waals surface area contributed by atoms with E-state index in [2.05, 4.69) is 5.32 Å². The molecule has 21 heavy (non-hydrogen) atoms. The summed E-state index contributed by atoms with van der Waals surface area (Å²) < 4.78 is 28.0. The molecule has 0 heterocycles. The molecular formula is C13H17NO6S. The summed E-state index contributed by atoms with van der Waals surface area (Å²) >= 11 is 0. The zero-order chi connectivity index (χ0) is 15.9. The van der Waals surface area contributed by atoms with Crippen molar-refractivity contribution in [1.29, 1.82) is 0 Å². The van der Waals surface area contributed by atoms with E-state index in [1.807, 2.05) is 0 Å². The minimum absolute atomic E-state index is 0.0395. The van der Waals surface area contributed by atoms with E-state index < -0.39 is 34.1 Å². The number of sulfone groups is 1. The van der Waals surface area contributed by atoms with Gasteiger partial charge in [-0.05, 0) is 18.6 Å². The van der Waals surface area contributed by atoms with Crippen LogP contribution in [0.25, 0.3) is 0 Å². The van der Waals surface area contributed by atoms with E-state index in [1.165, 1.54) is 12.1 Å². The Bertz CT molecular complexity index is 611. The maximum Gasteiger partial charge on any atom is 0.341 e. The molecule has 0 spiro atoms. The van der Waals surface area contributed by atoms with Crippen LogP contribution in [0.3, 0.4) is 0 Å². The van der Waals surface area contributed by atoms with Crippen molar-refractivity contribution in [3.8, 4) is 5.75 Å². The SMILES string of the molecule is CCCS(=O)(=O)CC(=O)Nc1cccc(OCC(=O)O)c1. The lowest BCUT2D eigenvalue weighted by atomic mass is 10.3. The van der Waals surface area contributed by atoms with Crippen LogP contribution < -0.4 is 10.1 Å². The third-order valence-electron chi connectivity index (χ3n) is 2.35. The molecule has 1 rings (SSSR count). The molecule has 0 aromatic heterocycles. The minimum Gasteiger partial charge on any atom is -0.482 e. The fraction of sp³-hybridized carbons (Fsp3) is 0.385. The van der Waals surface area contributed by atoms with Crippen molar-refractivity contribution in [3.63, 3.8) is 0 Å². The number of rotatable bonds is 8. The third-order valence-corrected chi connectivity index (χ3v) is 4.08. The number of carboxylic acid groups (broad SMARTS) is 1. The number of nitrogens with one attached hydrogen (secondary N) is 1. The molecule has 0 aliphatic heterocycles. The number of hydrogen-bond donors (Lipinski definition) is 2. The van der Waals surface area contributed by atoms with Crippen molar-refractivity contribution >= 4 is 27.4 Å². The molecule has 0 fully saturated rings. The minimum atomic E-state index is -3.40. The fourth-order valence-electron chi connectivity index (χ4n) is 1.59. The summed E-state index contributed by atoms with van der Waals surface area (Å²) in [5.74, 6) is -2.11. The summed E-state index contributed by atoms with van der Waals surface area (Å²) in [5.41, 5.74) is 0.342. The van der Waals surface area contributed by atoms with Crippen LogP contribution >= 0.6 is 0 Å². The van der Waals surface area contributed by atoms with Gasteiger partial charge in [-0.2, -0.15) is 0 Å². The highest BCUT2D eigenvalue weighted by Crippen LogP contribution is 2.17. The summed E-state index contributed by atoms with van der Waals surface area (Å²) in [6, 6.07) is 6.07. The van der Waals surface area contributed by atoms with Crippen LogP contribution in [0.2, 0.25) is 0 Å². The maximum absolute atomic E-state index is 11.7. The molecular weight excluding hydrogens is 298 g/mol. The number of carbonyl (C=O) groups excluding carboxylic acids is 1. The average molecular weight is 315 g/mol. The Balaban J connectivity index is 2.64. The first-order valence-corrected chi connectivity index (χ1v) is 8.09. The number of amides is 1. The molecule has 7 nitrogen and oxygen atoms in total. The van der Waals surface area contributed by atoms with E-state index in [1.54, 1.807) is 19.1 Å². The predicted octanol–water partition coefficient (Wildman–Crippen LogP) is 0.913. The Hall–Kier alpha value is -2.09. The highest BCUT2D eigenvalue weighted by Gasteiger charge is 2.15. The fourth-order valence-corrected chi connectivity index (χ4v) is 2.83. The quantitative estimate of drug-likeness (QED) is 0.738. The van der Waals surface area contributed by atoms with Gasteiger partial charge >= 0.3 is 5.97 Å². The number of hydrogen-bond acceptors (Lipinski definition) is 5. The van der Waals surface area contributed by atoms with Gasteiger partial charge in [0, 0.05) is 11.8 Å². The van der Waals surface area contributed by atoms with E-state index in [0.29, 0.717) is 12.1 Å². The van der Waals surface area contributed by atoms with Crippen LogP contribution in [0.15, 0.2) is 24.3 Å². The van der Waals surface area contributed by atoms with Crippen LogP contribution in [-0.2, 0) is 19.4 Å². The standard InChI is InChI=1S/C13H17NO6S/c1-2-6-21(18,19)9-12(15)14-10-4-3-5-11(7-10)20-8-13(16)17/h3-5,7H,2,6,8-9H2,1H3,(H,14,15)(H,16,17). The smallest absolute Gasteiger partial charge is 0.341 e. The van der Waals surface area contributed by atoms with Gasteiger partial charge in [-0.15, -0.1) is 0 Å². The van der Waals surface area contributed by atoms with Gasteiger partial charge in [-0.25, -0.2) is 13.2 Å². The van der Waals surface area contributed by atoms with Gasteiger partial charge in [0.25, 0.3) is 0 Å². The summed E-state index contributed by atoms with van der Waals surface area (Å²) in [6.45, 7) is 1.22. The molecule has 116 valence electrons. The predicted molar refractivity (Wildman–Crippen MR) is 77.1 cm³/mol. The second kappa shape index (κ2) is 7.63. The van der Waals surface area contributed by atoms with Crippen LogP contribution in [0.4, 0.5) is 5.69 Å². The Morgan fingerprint density at radius 3 is 2.67 bits per heavy atom. The van der Waals surface area contributed by atoms with Crippen molar-refractivity contribution in [2.45, 2.75) is 13.3 Å². The van der Waals surface area contributed by atoms with Crippen molar-refractivity contribution in [3.05, 3.63) is 24.3 Å². The van der Waals surface area contributed by atoms with Gasteiger partial charge in [-0.3, -0.25) is 4.79 Å². The van der Waals surface area contributed by atoms with Gasteiger partial charge in [-0.1, -0.05) is 13.0 Å². The second-order valence-electron chi connectivity index (χ2n) is 4.35. The number of carbonyl (C=O) groups is 2. The van der Waals surface area contributed by atoms with Gasteiger partial charge in [0.2, 0.25) is 5.91 Å². The highest BCUT2D eigenvalue weighted by molar-refractivity contribution is 7.92. The number of carboxylic acids is 1. The lowest BCUT2D eigenvalue weighted by Crippen LogP contribution is -2.24. The topological polar surface area (TPSA) is 110 Å². The number of aliphatic carboxylic acids is 1. The molecule has 0 radical (unpaired) electrons. The molecule has 2 N–H and O–H groups in total. The van der Waals surface area contributed by atoms with E-state index in [0.717, 1.165) is 0 Å². The molecule has 0 aliphatic rings. The number of benzene rings is 1. The molecule has 0 saturated heterocycles. The van der Waals surface area contributed by atoms with Gasteiger partial charge in [0.15, 0.2) is 16.4 Å². The number of anilines is 1. The largest absolute Gasteiger partial charge is 0.482 e. The lowest BCUT2D eigenvalue weighted by molar-refractivity contribution is -0.139. The van der Waals surface area contributed by atoms with Gasteiger partial charge in [0.1, 0.15) is 11.5 Å². The monoisotopic (exact) mass is 315 g/mol. The molecule has 0 bridgehead atoms. The molecule has 8 heteroatoms. The highest BCUT2D eigenvalue weighted by atomic mass is 32.2. The van der Waals surface area contributed by atoms with E-state index in [-0.39, 0.29) is 11.5 Å². The Kier molecular flexibility index (Phi) is 6.16. The van der Waals surface area contributed by atoms with Crippen LogP contribution in [0.1, 0.15) is 13.3 Å². The Labute approximate surface area is 122 Å². The molecule has 0 atom stereocenters. The molecule has 0 aliphatic carbocycles. The van der Waals surface area contributed by atoms with Crippen LogP contribution in [0.5, 0.6) is 5.75 Å². The molecule has 1 amide bonds. The van der Waals surface area contributed by atoms with E-state index >= 15 is 0 Å². The number of ether oxygens (including phenoxy) is 1. The molecule has 1 aromatic rings. The van der Waals surface area contributed by atoms with Crippen LogP contribution in [-0.4, -0.2) is 43.5 Å². The maximum atomic E-state index is 11.7. The van der Waals surface area contributed by atoms with Crippen molar-refractivity contribution in [2.75, 3.05) is 23.4 Å². The van der Waals surface area contributed by atoms with Crippen molar-refractivity contribution in [2.24, 2.45) is 0 Å². The second-order valence-corrected chi connectivity index (χ2v) is 6.53. The summed E-state index contributed by atoms with van der Waals surface area (Å²) in [4.78, 5) is 22.0. The molecule has 1 aromatic carbocycles. The summed E-state index contributed by atoms with van der Waals surface area (Å²) in [7, 11) is -3.40. The molecule has 0 unspecified atom stereocenters. The van der Waals surface area contributed by atoms with Crippen molar-refractivity contribution in [1.82, 2.24) is 0 Å². The average Bonchev–Trinajstić information content (AvgIpc) is 2.35. The van der Waals surface area contributed by atoms with Gasteiger partial charge in [0.05, 0.1) is 5.75 Å². The third kappa shape index (κ3) is 6.75. The van der Waals surface area contributed by atoms with Crippen molar-refractivity contribution < 1.29 is 27.9 Å². The van der Waals surface area contributed by atoms with Gasteiger partial charge < -0.3 is 15.2 Å². The molecule has 0 saturated carbocycles. The Morgan fingerprint density at radius 2 is 2.05 bits per heavy atom. The zero-order valence-corrected chi connectivity index (χ0v) is 12.4. The zero-order valence-electron chi connectivity index (χ0n) is 11.5. The van der Waals surface area contributed by atoms with Crippen LogP contribution in [0, 0.1) is 0 Å².